The maximum atomic E-state index is 12.1. The third-order valence-corrected chi connectivity index (χ3v) is 3.72. The lowest BCUT2D eigenvalue weighted by molar-refractivity contribution is 0.0954. The molecule has 1 aromatic carbocycles. The van der Waals surface area contributed by atoms with Gasteiger partial charge in [-0.1, -0.05) is 19.9 Å². The van der Waals surface area contributed by atoms with E-state index in [4.69, 9.17) is 9.47 Å². The molecule has 1 amide bonds. The fourth-order valence-electron chi connectivity index (χ4n) is 2.21. The molecule has 8 heteroatoms. The number of carbonyl (C=O) groups excluding carboxylic acids is 1. The van der Waals surface area contributed by atoms with E-state index >= 15 is 0 Å². The van der Waals surface area contributed by atoms with Crippen molar-refractivity contribution in [1.29, 1.82) is 0 Å². The van der Waals surface area contributed by atoms with Crippen LogP contribution < -0.4 is 20.7 Å². The molecule has 1 aromatic rings. The maximum absolute atomic E-state index is 12.1. The van der Waals surface area contributed by atoms with E-state index in [1.54, 1.807) is 25.3 Å². The van der Waals surface area contributed by atoms with Gasteiger partial charge in [-0.3, -0.25) is 9.79 Å². The predicted molar refractivity (Wildman–Crippen MR) is 125 cm³/mol. The van der Waals surface area contributed by atoms with Crippen molar-refractivity contribution < 1.29 is 14.3 Å². The van der Waals surface area contributed by atoms with E-state index in [1.807, 2.05) is 13.0 Å². The number of hydrogen-bond donors (Lipinski definition) is 3. The Hall–Kier alpha value is -1.55. The molecule has 1 rings (SSSR count). The summed E-state index contributed by atoms with van der Waals surface area (Å²) in [6.07, 6.45) is 1.06. The standard InChI is InChI=1S/C20H34N4O3.HI/c1-5-21-20(24-12-14-27-13-9-16(2)3)23-11-10-22-19(25)17-7-6-8-18(15-17)26-4;/h6-8,15-16H,5,9-14H2,1-4H3,(H,22,25)(H2,21,23,24);1H. The minimum atomic E-state index is -0.129. The van der Waals surface area contributed by atoms with Gasteiger partial charge in [-0.15, -0.1) is 24.0 Å². The van der Waals surface area contributed by atoms with Gasteiger partial charge in [0.2, 0.25) is 0 Å². The molecule has 0 bridgehead atoms. The number of rotatable bonds is 12. The molecule has 0 saturated carbocycles. The van der Waals surface area contributed by atoms with Crippen LogP contribution in [0.15, 0.2) is 29.3 Å². The highest BCUT2D eigenvalue weighted by Gasteiger charge is 2.06. The van der Waals surface area contributed by atoms with Gasteiger partial charge in [-0.25, -0.2) is 0 Å². The van der Waals surface area contributed by atoms with Crippen LogP contribution in [0.1, 0.15) is 37.6 Å². The van der Waals surface area contributed by atoms with Crippen LogP contribution in [0.3, 0.4) is 0 Å². The average molecular weight is 506 g/mol. The molecule has 7 nitrogen and oxygen atoms in total. The molecule has 0 heterocycles. The number of aliphatic imine (C=N–C) groups is 1. The van der Waals surface area contributed by atoms with Gasteiger partial charge in [0.05, 0.1) is 20.3 Å². The van der Waals surface area contributed by atoms with Crippen molar-refractivity contribution in [2.45, 2.75) is 27.2 Å². The van der Waals surface area contributed by atoms with Crippen molar-refractivity contribution in [2.75, 3.05) is 46.5 Å². The number of benzene rings is 1. The summed E-state index contributed by atoms with van der Waals surface area (Å²) >= 11 is 0. The smallest absolute Gasteiger partial charge is 0.251 e. The number of nitrogens with zero attached hydrogens (tertiary/aromatic N) is 1. The SMILES string of the molecule is CCNC(=NCCOCCC(C)C)NCCNC(=O)c1cccc(OC)c1.I. The molecule has 0 saturated heterocycles. The van der Waals surface area contributed by atoms with Crippen LogP contribution in [0.5, 0.6) is 5.75 Å². The molecule has 0 aliphatic heterocycles. The van der Waals surface area contributed by atoms with Gasteiger partial charge in [0.15, 0.2) is 5.96 Å². The number of methoxy groups -OCH3 is 1. The van der Waals surface area contributed by atoms with Crippen LogP contribution in [0.25, 0.3) is 0 Å². The maximum Gasteiger partial charge on any atom is 0.251 e. The number of halogens is 1. The predicted octanol–water partition coefficient (Wildman–Crippen LogP) is 2.66. The normalized spacial score (nSPS) is 11.0. The van der Waals surface area contributed by atoms with Crippen molar-refractivity contribution >= 4 is 35.8 Å². The molecular formula is C20H35IN4O3. The summed E-state index contributed by atoms with van der Waals surface area (Å²) in [4.78, 5) is 16.6. The topological polar surface area (TPSA) is 84.0 Å². The lowest BCUT2D eigenvalue weighted by Gasteiger charge is -2.12. The minimum absolute atomic E-state index is 0. The zero-order valence-electron chi connectivity index (χ0n) is 17.4. The third kappa shape index (κ3) is 12.0. The summed E-state index contributed by atoms with van der Waals surface area (Å²) < 4.78 is 10.7. The van der Waals surface area contributed by atoms with Crippen molar-refractivity contribution in [3.8, 4) is 5.75 Å². The number of hydrogen-bond acceptors (Lipinski definition) is 4. The largest absolute Gasteiger partial charge is 0.497 e. The first-order chi connectivity index (χ1) is 13.1. The molecule has 0 unspecified atom stereocenters. The fraction of sp³-hybridized carbons (Fsp3) is 0.600. The average Bonchev–Trinajstić information content (AvgIpc) is 2.67. The zero-order valence-corrected chi connectivity index (χ0v) is 19.7. The number of amides is 1. The molecule has 160 valence electrons. The first kappa shape index (κ1) is 26.4. The molecule has 3 N–H and O–H groups in total. The van der Waals surface area contributed by atoms with E-state index in [2.05, 4.69) is 34.8 Å². The summed E-state index contributed by atoms with van der Waals surface area (Å²) in [6, 6.07) is 7.08. The summed E-state index contributed by atoms with van der Waals surface area (Å²) in [6.45, 7) is 10.2. The Morgan fingerprint density at radius 3 is 2.57 bits per heavy atom. The van der Waals surface area contributed by atoms with Crippen LogP contribution in [-0.4, -0.2) is 58.4 Å². The number of nitrogens with one attached hydrogen (secondary N) is 3. The van der Waals surface area contributed by atoms with Crippen molar-refractivity contribution in [3.05, 3.63) is 29.8 Å². The van der Waals surface area contributed by atoms with Crippen LogP contribution in [-0.2, 0) is 4.74 Å². The Bertz CT molecular complexity index is 582. The van der Waals surface area contributed by atoms with Crippen LogP contribution in [0.4, 0.5) is 0 Å². The minimum Gasteiger partial charge on any atom is -0.497 e. The van der Waals surface area contributed by atoms with Gasteiger partial charge >= 0.3 is 0 Å². The van der Waals surface area contributed by atoms with Gasteiger partial charge in [-0.05, 0) is 37.5 Å². The second-order valence-corrected chi connectivity index (χ2v) is 6.47. The Balaban J connectivity index is 0.00000729. The lowest BCUT2D eigenvalue weighted by Crippen LogP contribution is -2.41. The number of ether oxygens (including phenoxy) is 2. The monoisotopic (exact) mass is 506 g/mol. The Kier molecular flexibility index (Phi) is 15.5. The van der Waals surface area contributed by atoms with Gasteiger partial charge in [0, 0.05) is 31.8 Å². The second kappa shape index (κ2) is 16.4. The molecule has 0 aliphatic rings. The third-order valence-electron chi connectivity index (χ3n) is 3.72. The van der Waals surface area contributed by atoms with Crippen LogP contribution in [0.2, 0.25) is 0 Å². The number of carbonyl (C=O) groups is 1. The lowest BCUT2D eigenvalue weighted by atomic mass is 10.1. The fourth-order valence-corrected chi connectivity index (χ4v) is 2.21. The molecular weight excluding hydrogens is 471 g/mol. The van der Waals surface area contributed by atoms with Crippen LogP contribution in [0, 0.1) is 5.92 Å². The summed E-state index contributed by atoms with van der Waals surface area (Å²) in [7, 11) is 1.58. The van der Waals surface area contributed by atoms with Crippen molar-refractivity contribution in [1.82, 2.24) is 16.0 Å². The molecule has 0 fully saturated rings. The molecule has 28 heavy (non-hydrogen) atoms. The summed E-state index contributed by atoms with van der Waals surface area (Å²) in [5.41, 5.74) is 0.577. The van der Waals surface area contributed by atoms with Crippen molar-refractivity contribution in [2.24, 2.45) is 10.9 Å². The molecule has 0 spiro atoms. The Morgan fingerprint density at radius 2 is 1.89 bits per heavy atom. The van der Waals surface area contributed by atoms with Gasteiger partial charge < -0.3 is 25.4 Å². The summed E-state index contributed by atoms with van der Waals surface area (Å²) in [5, 5.41) is 9.26. The zero-order chi connectivity index (χ0) is 19.9. The first-order valence-corrected chi connectivity index (χ1v) is 9.59. The van der Waals surface area contributed by atoms with Gasteiger partial charge in [0.1, 0.15) is 5.75 Å². The van der Waals surface area contributed by atoms with E-state index in [-0.39, 0.29) is 29.9 Å². The van der Waals surface area contributed by atoms with Gasteiger partial charge in [-0.2, -0.15) is 0 Å². The molecule has 0 radical (unpaired) electrons. The quantitative estimate of drug-likeness (QED) is 0.176. The second-order valence-electron chi connectivity index (χ2n) is 6.47. The molecule has 0 atom stereocenters. The molecule has 0 aliphatic carbocycles. The van der Waals surface area contributed by atoms with E-state index < -0.39 is 0 Å². The van der Waals surface area contributed by atoms with Crippen LogP contribution >= 0.6 is 24.0 Å². The van der Waals surface area contributed by atoms with E-state index in [9.17, 15) is 4.79 Å². The highest BCUT2D eigenvalue weighted by atomic mass is 127. The highest BCUT2D eigenvalue weighted by Crippen LogP contribution is 2.12. The Morgan fingerprint density at radius 1 is 1.14 bits per heavy atom. The highest BCUT2D eigenvalue weighted by molar-refractivity contribution is 14.0. The molecule has 0 aromatic heterocycles. The first-order valence-electron chi connectivity index (χ1n) is 9.59. The Labute approximate surface area is 186 Å². The van der Waals surface area contributed by atoms with Crippen molar-refractivity contribution in [3.63, 3.8) is 0 Å². The van der Waals surface area contributed by atoms with E-state index in [1.165, 1.54) is 0 Å². The van der Waals surface area contributed by atoms with E-state index in [0.29, 0.717) is 43.5 Å². The summed E-state index contributed by atoms with van der Waals surface area (Å²) in [5.74, 6) is 1.91. The van der Waals surface area contributed by atoms with E-state index in [0.717, 1.165) is 25.5 Å². The number of guanidine groups is 1. The van der Waals surface area contributed by atoms with Gasteiger partial charge in [0.25, 0.3) is 5.91 Å².